The summed E-state index contributed by atoms with van der Waals surface area (Å²) in [5.41, 5.74) is 0.890. The summed E-state index contributed by atoms with van der Waals surface area (Å²) in [5, 5.41) is 11.9. The van der Waals surface area contributed by atoms with Gasteiger partial charge in [0.05, 0.1) is 19.8 Å². The lowest BCUT2D eigenvalue weighted by molar-refractivity contribution is 0.0697. The highest BCUT2D eigenvalue weighted by Crippen LogP contribution is 2.30. The van der Waals surface area contributed by atoms with Crippen LogP contribution >= 0.6 is 0 Å². The van der Waals surface area contributed by atoms with Crippen LogP contribution in [-0.4, -0.2) is 30.3 Å². The number of anilines is 2. The van der Waals surface area contributed by atoms with Crippen LogP contribution in [0.2, 0.25) is 0 Å². The second-order valence-corrected chi connectivity index (χ2v) is 3.93. The molecule has 0 bridgehead atoms. The molecule has 0 amide bonds. The summed E-state index contributed by atoms with van der Waals surface area (Å²) in [6.45, 7) is 0. The summed E-state index contributed by atoms with van der Waals surface area (Å²) in [6.07, 6.45) is 1.44. The Kier molecular flexibility index (Phi) is 4.05. The Morgan fingerprint density at radius 1 is 1.15 bits per heavy atom. The predicted molar refractivity (Wildman–Crippen MR) is 74.0 cm³/mol. The second-order valence-electron chi connectivity index (χ2n) is 3.93. The van der Waals surface area contributed by atoms with Crippen molar-refractivity contribution in [1.82, 2.24) is 4.98 Å². The second kappa shape index (κ2) is 5.92. The molecule has 0 unspecified atom stereocenters. The molecular formula is C14H14N2O4. The molecule has 0 spiro atoms. The summed E-state index contributed by atoms with van der Waals surface area (Å²) < 4.78 is 10.3. The number of nitrogens with zero attached hydrogens (tertiary/aromatic N) is 1. The first-order chi connectivity index (χ1) is 9.63. The van der Waals surface area contributed by atoms with Crippen molar-refractivity contribution < 1.29 is 19.4 Å². The molecule has 2 aromatic rings. The average molecular weight is 274 g/mol. The van der Waals surface area contributed by atoms with Crippen molar-refractivity contribution in [3.8, 4) is 11.5 Å². The van der Waals surface area contributed by atoms with Gasteiger partial charge in [-0.25, -0.2) is 9.78 Å². The molecule has 1 aromatic heterocycles. The molecule has 0 saturated carbocycles. The highest BCUT2D eigenvalue weighted by Gasteiger charge is 2.07. The molecular weight excluding hydrogens is 260 g/mol. The van der Waals surface area contributed by atoms with E-state index in [9.17, 15) is 4.79 Å². The van der Waals surface area contributed by atoms with Crippen LogP contribution in [0.25, 0.3) is 0 Å². The SMILES string of the molecule is COc1ccc(Nc2cc(C(=O)O)ccn2)cc1OC. The molecule has 0 radical (unpaired) electrons. The van der Waals surface area contributed by atoms with Gasteiger partial charge in [-0.2, -0.15) is 0 Å². The fourth-order valence-electron chi connectivity index (χ4n) is 1.69. The van der Waals surface area contributed by atoms with E-state index < -0.39 is 5.97 Å². The fraction of sp³-hybridized carbons (Fsp3) is 0.143. The van der Waals surface area contributed by atoms with E-state index in [2.05, 4.69) is 10.3 Å². The van der Waals surface area contributed by atoms with Crippen molar-refractivity contribution in [3.05, 3.63) is 42.1 Å². The lowest BCUT2D eigenvalue weighted by atomic mass is 10.2. The first-order valence-electron chi connectivity index (χ1n) is 5.82. The van der Waals surface area contributed by atoms with Crippen molar-refractivity contribution in [2.24, 2.45) is 0 Å². The number of aromatic carboxylic acids is 1. The van der Waals surface area contributed by atoms with Crippen LogP contribution in [0, 0.1) is 0 Å². The van der Waals surface area contributed by atoms with Crippen molar-refractivity contribution in [2.75, 3.05) is 19.5 Å². The standard InChI is InChI=1S/C14H14N2O4/c1-19-11-4-3-10(8-12(11)20-2)16-13-7-9(14(17)18)5-6-15-13/h3-8H,1-2H3,(H,15,16)(H,17,18). The number of carbonyl (C=O) groups is 1. The minimum atomic E-state index is -0.997. The average Bonchev–Trinajstić information content (AvgIpc) is 2.47. The van der Waals surface area contributed by atoms with Crippen molar-refractivity contribution >= 4 is 17.5 Å². The third kappa shape index (κ3) is 2.97. The van der Waals surface area contributed by atoms with E-state index >= 15 is 0 Å². The smallest absolute Gasteiger partial charge is 0.335 e. The predicted octanol–water partition coefficient (Wildman–Crippen LogP) is 2.54. The molecule has 0 aliphatic rings. The lowest BCUT2D eigenvalue weighted by Gasteiger charge is -2.11. The maximum Gasteiger partial charge on any atom is 0.335 e. The summed E-state index contributed by atoms with van der Waals surface area (Å²) >= 11 is 0. The molecule has 0 aliphatic heterocycles. The third-order valence-electron chi connectivity index (χ3n) is 2.66. The van der Waals surface area contributed by atoms with Gasteiger partial charge in [-0.05, 0) is 24.3 Å². The molecule has 1 aromatic carbocycles. The van der Waals surface area contributed by atoms with Gasteiger partial charge in [-0.3, -0.25) is 0 Å². The van der Waals surface area contributed by atoms with E-state index in [4.69, 9.17) is 14.6 Å². The van der Waals surface area contributed by atoms with Gasteiger partial charge < -0.3 is 19.9 Å². The minimum absolute atomic E-state index is 0.169. The zero-order chi connectivity index (χ0) is 14.5. The number of carboxylic acids is 1. The maximum absolute atomic E-state index is 10.9. The molecule has 0 saturated heterocycles. The number of pyridine rings is 1. The molecule has 104 valence electrons. The summed E-state index contributed by atoms with van der Waals surface area (Å²) in [6, 6.07) is 8.17. The van der Waals surface area contributed by atoms with Gasteiger partial charge in [-0.15, -0.1) is 0 Å². The Labute approximate surface area is 116 Å². The van der Waals surface area contributed by atoms with Crippen LogP contribution in [0.1, 0.15) is 10.4 Å². The molecule has 0 fully saturated rings. The number of ether oxygens (including phenoxy) is 2. The van der Waals surface area contributed by atoms with Crippen LogP contribution in [0.3, 0.4) is 0 Å². The van der Waals surface area contributed by atoms with Crippen LogP contribution < -0.4 is 14.8 Å². The molecule has 6 nitrogen and oxygen atoms in total. The fourth-order valence-corrected chi connectivity index (χ4v) is 1.69. The molecule has 1 heterocycles. The van der Waals surface area contributed by atoms with Gasteiger partial charge in [0.25, 0.3) is 0 Å². The largest absolute Gasteiger partial charge is 0.493 e. The van der Waals surface area contributed by atoms with Gasteiger partial charge >= 0.3 is 5.97 Å². The molecule has 2 rings (SSSR count). The van der Waals surface area contributed by atoms with E-state index in [0.717, 1.165) is 5.69 Å². The quantitative estimate of drug-likeness (QED) is 0.872. The Morgan fingerprint density at radius 3 is 2.55 bits per heavy atom. The molecule has 2 N–H and O–H groups in total. The molecule has 0 atom stereocenters. The third-order valence-corrected chi connectivity index (χ3v) is 2.66. The number of rotatable bonds is 5. The molecule has 0 aliphatic carbocycles. The number of benzene rings is 1. The highest BCUT2D eigenvalue weighted by atomic mass is 16.5. The molecule has 6 heteroatoms. The normalized spacial score (nSPS) is 9.90. The van der Waals surface area contributed by atoms with Crippen molar-refractivity contribution in [2.45, 2.75) is 0 Å². The van der Waals surface area contributed by atoms with E-state index in [1.807, 2.05) is 0 Å². The number of carboxylic acid groups (broad SMARTS) is 1. The highest BCUT2D eigenvalue weighted by molar-refractivity contribution is 5.88. The monoisotopic (exact) mass is 274 g/mol. The number of methoxy groups -OCH3 is 2. The van der Waals surface area contributed by atoms with Crippen LogP contribution in [0.4, 0.5) is 11.5 Å². The Hall–Kier alpha value is -2.76. The Bertz CT molecular complexity index is 628. The number of nitrogens with one attached hydrogen (secondary N) is 1. The number of hydrogen-bond donors (Lipinski definition) is 2. The maximum atomic E-state index is 10.9. The Balaban J connectivity index is 2.25. The molecule has 20 heavy (non-hydrogen) atoms. The van der Waals surface area contributed by atoms with Gasteiger partial charge in [0.2, 0.25) is 0 Å². The van der Waals surface area contributed by atoms with Crippen LogP contribution in [0.5, 0.6) is 11.5 Å². The number of hydrogen-bond acceptors (Lipinski definition) is 5. The topological polar surface area (TPSA) is 80.7 Å². The first kappa shape index (κ1) is 13.7. The van der Waals surface area contributed by atoms with Crippen LogP contribution in [-0.2, 0) is 0 Å². The summed E-state index contributed by atoms with van der Waals surface area (Å²) in [4.78, 5) is 15.0. The van der Waals surface area contributed by atoms with Crippen LogP contribution in [0.15, 0.2) is 36.5 Å². The Morgan fingerprint density at radius 2 is 1.90 bits per heavy atom. The van der Waals surface area contributed by atoms with E-state index in [1.165, 1.54) is 18.3 Å². The zero-order valence-electron chi connectivity index (χ0n) is 11.1. The van der Waals surface area contributed by atoms with Gasteiger partial charge in [0.15, 0.2) is 11.5 Å². The van der Waals surface area contributed by atoms with E-state index in [0.29, 0.717) is 17.3 Å². The summed E-state index contributed by atoms with van der Waals surface area (Å²) in [7, 11) is 3.10. The zero-order valence-corrected chi connectivity index (χ0v) is 11.1. The lowest BCUT2D eigenvalue weighted by Crippen LogP contribution is -2.00. The van der Waals surface area contributed by atoms with Crippen molar-refractivity contribution in [1.29, 1.82) is 0 Å². The van der Waals surface area contributed by atoms with Gasteiger partial charge in [-0.1, -0.05) is 0 Å². The van der Waals surface area contributed by atoms with Crippen molar-refractivity contribution in [3.63, 3.8) is 0 Å². The summed E-state index contributed by atoms with van der Waals surface area (Å²) in [5.74, 6) is 0.636. The number of aromatic nitrogens is 1. The minimum Gasteiger partial charge on any atom is -0.493 e. The first-order valence-corrected chi connectivity index (χ1v) is 5.82. The van der Waals surface area contributed by atoms with E-state index in [1.54, 1.807) is 32.4 Å². The van der Waals surface area contributed by atoms with Gasteiger partial charge in [0, 0.05) is 18.0 Å². The van der Waals surface area contributed by atoms with E-state index in [-0.39, 0.29) is 5.56 Å². The van der Waals surface area contributed by atoms with Gasteiger partial charge in [0.1, 0.15) is 5.82 Å².